The van der Waals surface area contributed by atoms with E-state index in [4.69, 9.17) is 16.3 Å². The monoisotopic (exact) mass is 345 g/mol. The third-order valence-electron chi connectivity index (χ3n) is 3.98. The molecule has 1 aromatic carbocycles. The number of aromatic nitrogens is 2. The summed E-state index contributed by atoms with van der Waals surface area (Å²) in [5, 5.41) is 7.81. The Balaban J connectivity index is 1.52. The van der Waals surface area contributed by atoms with Crippen LogP contribution in [0, 0.1) is 5.92 Å². The Bertz CT molecular complexity index is 703. The summed E-state index contributed by atoms with van der Waals surface area (Å²) in [5.41, 5.74) is 1.62. The first-order chi connectivity index (χ1) is 11.7. The van der Waals surface area contributed by atoms with Gasteiger partial charge in [-0.1, -0.05) is 23.7 Å². The van der Waals surface area contributed by atoms with E-state index in [-0.39, 0.29) is 5.91 Å². The molecule has 1 aromatic heterocycles. The summed E-state index contributed by atoms with van der Waals surface area (Å²) in [4.78, 5) is 12.0. The van der Waals surface area contributed by atoms with E-state index in [1.54, 1.807) is 24.4 Å². The number of carbonyl (C=O) groups excluding carboxylic acids is 1. The molecule has 1 amide bonds. The molecule has 1 N–H and O–H groups in total. The van der Waals surface area contributed by atoms with Gasteiger partial charge in [0.1, 0.15) is 0 Å². The highest BCUT2D eigenvalue weighted by Gasteiger charge is 2.14. The fourth-order valence-corrected chi connectivity index (χ4v) is 2.78. The number of hydrogen-bond donors (Lipinski definition) is 1. The number of benzene rings is 1. The van der Waals surface area contributed by atoms with Crippen molar-refractivity contribution in [3.63, 3.8) is 0 Å². The van der Waals surface area contributed by atoms with Crippen molar-refractivity contribution in [3.8, 4) is 0 Å². The number of ether oxygens (including phenoxy) is 1. The van der Waals surface area contributed by atoms with Gasteiger partial charge in [0.25, 0.3) is 0 Å². The van der Waals surface area contributed by atoms with Crippen LogP contribution in [0.15, 0.2) is 42.7 Å². The number of nitrogens with zero attached hydrogens (tertiary/aromatic N) is 2. The number of hydrogen-bond acceptors (Lipinski definition) is 3. The summed E-state index contributed by atoms with van der Waals surface area (Å²) in [6.07, 6.45) is 8.91. The van der Waals surface area contributed by atoms with Crippen LogP contribution in [0.2, 0.25) is 5.02 Å². The zero-order valence-corrected chi connectivity index (χ0v) is 14.1. The van der Waals surface area contributed by atoms with Crippen LogP contribution in [-0.4, -0.2) is 28.9 Å². The Hall–Kier alpha value is -2.11. The van der Waals surface area contributed by atoms with Gasteiger partial charge in [-0.05, 0) is 42.5 Å². The zero-order chi connectivity index (χ0) is 16.8. The second-order valence-electron chi connectivity index (χ2n) is 5.88. The van der Waals surface area contributed by atoms with E-state index < -0.39 is 0 Å². The minimum Gasteiger partial charge on any atom is -0.381 e. The molecule has 3 rings (SSSR count). The largest absolute Gasteiger partial charge is 0.381 e. The summed E-state index contributed by atoms with van der Waals surface area (Å²) in [7, 11) is 0. The topological polar surface area (TPSA) is 56.2 Å². The predicted molar refractivity (Wildman–Crippen MR) is 94.9 cm³/mol. The second kappa shape index (κ2) is 8.13. The Labute approximate surface area is 146 Å². The average molecular weight is 346 g/mol. The van der Waals surface area contributed by atoms with E-state index in [0.29, 0.717) is 16.6 Å². The molecule has 2 aromatic rings. The number of nitrogens with one attached hydrogen (secondary N) is 1. The van der Waals surface area contributed by atoms with Crippen LogP contribution < -0.4 is 5.32 Å². The maximum atomic E-state index is 12.0. The average Bonchev–Trinajstić information content (AvgIpc) is 3.02. The van der Waals surface area contributed by atoms with Crippen molar-refractivity contribution in [2.24, 2.45) is 5.92 Å². The fraction of sp³-hybridized carbons (Fsp3) is 0.333. The fourth-order valence-electron chi connectivity index (χ4n) is 2.65. The van der Waals surface area contributed by atoms with Gasteiger partial charge in [0, 0.05) is 37.1 Å². The lowest BCUT2D eigenvalue weighted by Crippen LogP contribution is -2.20. The molecule has 0 bridgehead atoms. The number of anilines is 1. The molecule has 1 saturated heterocycles. The number of carbonyl (C=O) groups is 1. The van der Waals surface area contributed by atoms with E-state index in [1.807, 2.05) is 23.0 Å². The molecular formula is C18H20ClN3O2. The molecule has 0 atom stereocenters. The molecule has 1 aliphatic rings. The minimum absolute atomic E-state index is 0.185. The highest BCUT2D eigenvalue weighted by molar-refractivity contribution is 6.30. The third kappa shape index (κ3) is 4.94. The lowest BCUT2D eigenvalue weighted by molar-refractivity contribution is -0.111. The first-order valence-corrected chi connectivity index (χ1v) is 8.42. The van der Waals surface area contributed by atoms with E-state index >= 15 is 0 Å². The Kier molecular flexibility index (Phi) is 5.67. The number of amides is 1. The Morgan fingerprint density at radius 1 is 1.33 bits per heavy atom. The van der Waals surface area contributed by atoms with Gasteiger partial charge >= 0.3 is 0 Å². The van der Waals surface area contributed by atoms with Gasteiger partial charge in [-0.2, -0.15) is 5.10 Å². The molecule has 0 aliphatic carbocycles. The lowest BCUT2D eigenvalue weighted by Gasteiger charge is -2.21. The highest BCUT2D eigenvalue weighted by Crippen LogP contribution is 2.17. The normalized spacial score (nSPS) is 15.7. The summed E-state index contributed by atoms with van der Waals surface area (Å²) in [5.74, 6) is 0.405. The van der Waals surface area contributed by atoms with Gasteiger partial charge in [0.05, 0.1) is 11.9 Å². The molecule has 0 radical (unpaired) electrons. The summed E-state index contributed by atoms with van der Waals surface area (Å²) in [6, 6.07) is 7.30. The van der Waals surface area contributed by atoms with Crippen molar-refractivity contribution in [1.29, 1.82) is 0 Å². The van der Waals surface area contributed by atoms with Gasteiger partial charge in [-0.15, -0.1) is 0 Å². The molecule has 126 valence electrons. The summed E-state index contributed by atoms with van der Waals surface area (Å²) < 4.78 is 7.25. The van der Waals surface area contributed by atoms with Crippen LogP contribution in [-0.2, 0) is 16.1 Å². The van der Waals surface area contributed by atoms with Gasteiger partial charge in [0.15, 0.2) is 0 Å². The maximum absolute atomic E-state index is 12.0. The van der Waals surface area contributed by atoms with Crippen molar-refractivity contribution in [2.45, 2.75) is 19.4 Å². The maximum Gasteiger partial charge on any atom is 0.248 e. The first-order valence-electron chi connectivity index (χ1n) is 8.04. The summed E-state index contributed by atoms with van der Waals surface area (Å²) >= 11 is 5.83. The molecule has 0 spiro atoms. The van der Waals surface area contributed by atoms with Crippen LogP contribution in [0.1, 0.15) is 18.4 Å². The Morgan fingerprint density at radius 3 is 2.83 bits per heavy atom. The SMILES string of the molecule is O=C(/C=C/c1ccc(Cl)cc1)Nc1cnn(CC2CCOCC2)c1. The van der Waals surface area contributed by atoms with Gasteiger partial charge in [0.2, 0.25) is 5.91 Å². The number of rotatable bonds is 5. The second-order valence-corrected chi connectivity index (χ2v) is 6.32. The van der Waals surface area contributed by atoms with E-state index in [0.717, 1.165) is 38.2 Å². The lowest BCUT2D eigenvalue weighted by atomic mass is 10.0. The molecule has 6 heteroatoms. The molecule has 1 fully saturated rings. The quantitative estimate of drug-likeness (QED) is 0.842. The van der Waals surface area contributed by atoms with Gasteiger partial charge in [-0.25, -0.2) is 0 Å². The zero-order valence-electron chi connectivity index (χ0n) is 13.3. The summed E-state index contributed by atoms with van der Waals surface area (Å²) in [6.45, 7) is 2.51. The molecule has 2 heterocycles. The molecule has 0 saturated carbocycles. The predicted octanol–water partition coefficient (Wildman–Crippen LogP) is 3.62. The van der Waals surface area contributed by atoms with E-state index in [9.17, 15) is 4.79 Å². The van der Waals surface area contributed by atoms with Crippen molar-refractivity contribution < 1.29 is 9.53 Å². The van der Waals surface area contributed by atoms with Crippen LogP contribution in [0.4, 0.5) is 5.69 Å². The molecular weight excluding hydrogens is 326 g/mol. The Morgan fingerprint density at radius 2 is 2.08 bits per heavy atom. The molecule has 0 unspecified atom stereocenters. The van der Waals surface area contributed by atoms with Crippen LogP contribution >= 0.6 is 11.6 Å². The highest BCUT2D eigenvalue weighted by atomic mass is 35.5. The minimum atomic E-state index is -0.185. The smallest absolute Gasteiger partial charge is 0.248 e. The van der Waals surface area contributed by atoms with Gasteiger partial charge in [-0.3, -0.25) is 9.48 Å². The standard InChI is InChI=1S/C18H20ClN3O2/c19-16-4-1-14(2-5-16)3-6-18(23)21-17-11-20-22(13-17)12-15-7-9-24-10-8-15/h1-6,11,13,15H,7-10,12H2,(H,21,23)/b6-3+. The van der Waals surface area contributed by atoms with Crippen LogP contribution in [0.25, 0.3) is 6.08 Å². The van der Waals surface area contributed by atoms with E-state index in [2.05, 4.69) is 10.4 Å². The first kappa shape index (κ1) is 16.7. The van der Waals surface area contributed by atoms with Crippen LogP contribution in [0.3, 0.4) is 0 Å². The van der Waals surface area contributed by atoms with Gasteiger partial charge < -0.3 is 10.1 Å². The molecule has 24 heavy (non-hydrogen) atoms. The molecule has 5 nitrogen and oxygen atoms in total. The van der Waals surface area contributed by atoms with Crippen molar-refractivity contribution in [1.82, 2.24) is 9.78 Å². The van der Waals surface area contributed by atoms with Crippen molar-refractivity contribution in [2.75, 3.05) is 18.5 Å². The number of halogens is 1. The van der Waals surface area contributed by atoms with Crippen molar-refractivity contribution >= 4 is 29.3 Å². The van der Waals surface area contributed by atoms with E-state index in [1.165, 1.54) is 6.08 Å². The molecule has 1 aliphatic heterocycles. The van der Waals surface area contributed by atoms with Crippen LogP contribution in [0.5, 0.6) is 0 Å². The van der Waals surface area contributed by atoms with Crippen molar-refractivity contribution in [3.05, 3.63) is 53.3 Å². The third-order valence-corrected chi connectivity index (χ3v) is 4.24.